The van der Waals surface area contributed by atoms with Crippen molar-refractivity contribution in [2.75, 3.05) is 19.8 Å². The molecule has 0 saturated heterocycles. The first-order chi connectivity index (χ1) is 9.41. The van der Waals surface area contributed by atoms with Crippen LogP contribution in [0.2, 0.25) is 0 Å². The molecule has 0 amide bonds. The Balaban J connectivity index is 2.46. The van der Waals surface area contributed by atoms with Gasteiger partial charge in [-0.05, 0) is 49.4 Å². The summed E-state index contributed by atoms with van der Waals surface area (Å²) in [6, 6.07) is 3.76. The Kier molecular flexibility index (Phi) is 6.52. The predicted molar refractivity (Wildman–Crippen MR) is 82.7 cm³/mol. The average molecular weight is 278 g/mol. The van der Waals surface area contributed by atoms with Crippen molar-refractivity contribution in [2.24, 2.45) is 11.7 Å². The maximum atomic E-state index is 7.46. The Morgan fingerprint density at radius 1 is 1.15 bits per heavy atom. The summed E-state index contributed by atoms with van der Waals surface area (Å²) in [4.78, 5) is 0. The molecule has 0 saturated carbocycles. The first-order valence-corrected chi connectivity index (χ1v) is 7.08. The lowest BCUT2D eigenvalue weighted by atomic mass is 10.1. The molecule has 0 aliphatic rings. The Morgan fingerprint density at radius 2 is 1.75 bits per heavy atom. The van der Waals surface area contributed by atoms with Crippen molar-refractivity contribution in [3.63, 3.8) is 0 Å². The molecule has 0 heterocycles. The molecule has 20 heavy (non-hydrogen) atoms. The highest BCUT2D eigenvalue weighted by atomic mass is 16.5. The van der Waals surface area contributed by atoms with Crippen LogP contribution >= 0.6 is 0 Å². The van der Waals surface area contributed by atoms with Crippen LogP contribution in [-0.2, 0) is 4.74 Å². The van der Waals surface area contributed by atoms with Crippen molar-refractivity contribution < 1.29 is 9.47 Å². The molecule has 112 valence electrons. The highest BCUT2D eigenvalue weighted by molar-refractivity contribution is 5.95. The van der Waals surface area contributed by atoms with Crippen molar-refractivity contribution in [2.45, 2.75) is 34.1 Å². The third-order valence-electron chi connectivity index (χ3n) is 3.08. The molecule has 0 aromatic heterocycles. The molecule has 0 aliphatic heterocycles. The quantitative estimate of drug-likeness (QED) is 0.436. The van der Waals surface area contributed by atoms with Gasteiger partial charge in [-0.25, -0.2) is 0 Å². The molecule has 1 rings (SSSR count). The normalized spacial score (nSPS) is 10.8. The molecule has 0 bridgehead atoms. The maximum Gasteiger partial charge on any atom is 0.125 e. The number of nitrogens with two attached hydrogens (primary N) is 1. The minimum atomic E-state index is 0.0831. The number of benzene rings is 1. The number of hydrogen-bond donors (Lipinski definition) is 2. The van der Waals surface area contributed by atoms with Crippen LogP contribution in [0.1, 0.15) is 37.0 Å². The fraction of sp³-hybridized carbons (Fsp3) is 0.562. The molecule has 1 aromatic rings. The number of aryl methyl sites for hydroxylation is 2. The largest absolute Gasteiger partial charge is 0.491 e. The van der Waals surface area contributed by atoms with Gasteiger partial charge in [0, 0.05) is 12.2 Å². The standard InChI is InChI=1S/C16H26N2O2/c1-11(2)5-6-19-7-8-20-15-12(3)9-14(16(17)18)10-13(15)4/h9-11H,5-8H2,1-4H3,(H3,17,18). The van der Waals surface area contributed by atoms with Gasteiger partial charge >= 0.3 is 0 Å². The van der Waals surface area contributed by atoms with Gasteiger partial charge in [0.2, 0.25) is 0 Å². The van der Waals surface area contributed by atoms with Crippen LogP contribution < -0.4 is 10.5 Å². The predicted octanol–water partition coefficient (Wildman–Crippen LogP) is 3.03. The zero-order valence-corrected chi connectivity index (χ0v) is 13.0. The van der Waals surface area contributed by atoms with Gasteiger partial charge < -0.3 is 15.2 Å². The van der Waals surface area contributed by atoms with Crippen molar-refractivity contribution in [1.29, 1.82) is 5.41 Å². The van der Waals surface area contributed by atoms with E-state index in [4.69, 9.17) is 20.6 Å². The third-order valence-corrected chi connectivity index (χ3v) is 3.08. The summed E-state index contributed by atoms with van der Waals surface area (Å²) in [5.74, 6) is 1.61. The first kappa shape index (κ1) is 16.5. The lowest BCUT2D eigenvalue weighted by Gasteiger charge is -2.14. The minimum absolute atomic E-state index is 0.0831. The summed E-state index contributed by atoms with van der Waals surface area (Å²) in [5, 5.41) is 7.46. The SMILES string of the molecule is Cc1cc(C(=N)N)cc(C)c1OCCOCCC(C)C. The van der Waals surface area contributed by atoms with E-state index in [0.717, 1.165) is 35.5 Å². The average Bonchev–Trinajstić information content (AvgIpc) is 2.35. The Morgan fingerprint density at radius 3 is 2.25 bits per heavy atom. The molecule has 0 aliphatic carbocycles. The number of ether oxygens (including phenoxy) is 2. The highest BCUT2D eigenvalue weighted by Gasteiger charge is 2.08. The zero-order valence-electron chi connectivity index (χ0n) is 13.0. The van der Waals surface area contributed by atoms with Crippen molar-refractivity contribution >= 4 is 5.84 Å². The molecule has 4 nitrogen and oxygen atoms in total. The van der Waals surface area contributed by atoms with E-state index in [1.54, 1.807) is 0 Å². The lowest BCUT2D eigenvalue weighted by Crippen LogP contribution is -2.13. The number of hydrogen-bond acceptors (Lipinski definition) is 3. The number of nitrogens with one attached hydrogen (secondary N) is 1. The zero-order chi connectivity index (χ0) is 15.1. The van der Waals surface area contributed by atoms with E-state index < -0.39 is 0 Å². The van der Waals surface area contributed by atoms with Gasteiger partial charge in [0.25, 0.3) is 0 Å². The summed E-state index contributed by atoms with van der Waals surface area (Å²) < 4.78 is 11.3. The van der Waals surface area contributed by atoms with Gasteiger partial charge in [-0.3, -0.25) is 5.41 Å². The minimum Gasteiger partial charge on any atom is -0.491 e. The van der Waals surface area contributed by atoms with Crippen LogP contribution in [0.5, 0.6) is 5.75 Å². The molecular weight excluding hydrogens is 252 g/mol. The molecule has 0 unspecified atom stereocenters. The van der Waals surface area contributed by atoms with Gasteiger partial charge in [0.15, 0.2) is 0 Å². The first-order valence-electron chi connectivity index (χ1n) is 7.08. The lowest BCUT2D eigenvalue weighted by molar-refractivity contribution is 0.0921. The molecule has 0 spiro atoms. The highest BCUT2D eigenvalue weighted by Crippen LogP contribution is 2.24. The van der Waals surface area contributed by atoms with Gasteiger partial charge in [0.05, 0.1) is 6.61 Å². The second kappa shape index (κ2) is 7.90. The van der Waals surface area contributed by atoms with Crippen LogP contribution in [0.3, 0.4) is 0 Å². The maximum absolute atomic E-state index is 7.46. The summed E-state index contributed by atoms with van der Waals surface area (Å²) >= 11 is 0. The topological polar surface area (TPSA) is 68.3 Å². The summed E-state index contributed by atoms with van der Waals surface area (Å²) in [5.41, 5.74) is 8.24. The van der Waals surface area contributed by atoms with E-state index in [1.807, 2.05) is 26.0 Å². The number of amidine groups is 1. The Hall–Kier alpha value is -1.55. The molecule has 0 fully saturated rings. The van der Waals surface area contributed by atoms with Crippen LogP contribution in [0, 0.1) is 25.2 Å². The fourth-order valence-electron chi connectivity index (χ4n) is 1.96. The van der Waals surface area contributed by atoms with E-state index in [-0.39, 0.29) is 5.84 Å². The van der Waals surface area contributed by atoms with E-state index in [9.17, 15) is 0 Å². The summed E-state index contributed by atoms with van der Waals surface area (Å²) in [6.45, 7) is 10.2. The van der Waals surface area contributed by atoms with E-state index in [2.05, 4.69) is 13.8 Å². The van der Waals surface area contributed by atoms with Gasteiger partial charge in [-0.15, -0.1) is 0 Å². The van der Waals surface area contributed by atoms with E-state index in [0.29, 0.717) is 19.1 Å². The number of nitrogen functional groups attached to an aromatic ring is 1. The van der Waals surface area contributed by atoms with E-state index >= 15 is 0 Å². The second-order valence-corrected chi connectivity index (χ2v) is 5.50. The van der Waals surface area contributed by atoms with Crippen LogP contribution in [-0.4, -0.2) is 25.7 Å². The third kappa shape index (κ3) is 5.21. The number of rotatable bonds is 8. The summed E-state index contributed by atoms with van der Waals surface area (Å²) in [7, 11) is 0. The summed E-state index contributed by atoms with van der Waals surface area (Å²) in [6.07, 6.45) is 1.07. The van der Waals surface area contributed by atoms with Crippen molar-refractivity contribution in [3.8, 4) is 5.75 Å². The van der Waals surface area contributed by atoms with Crippen LogP contribution in [0.4, 0.5) is 0 Å². The Labute approximate surface area is 121 Å². The van der Waals surface area contributed by atoms with Gasteiger partial charge in [0.1, 0.15) is 18.2 Å². The molecule has 3 N–H and O–H groups in total. The fourth-order valence-corrected chi connectivity index (χ4v) is 1.96. The molecule has 0 radical (unpaired) electrons. The van der Waals surface area contributed by atoms with Crippen molar-refractivity contribution in [3.05, 3.63) is 28.8 Å². The monoisotopic (exact) mass is 278 g/mol. The second-order valence-electron chi connectivity index (χ2n) is 5.50. The molecule has 4 heteroatoms. The Bertz CT molecular complexity index is 433. The molecule has 1 aromatic carbocycles. The van der Waals surface area contributed by atoms with E-state index in [1.165, 1.54) is 0 Å². The van der Waals surface area contributed by atoms with Gasteiger partial charge in [-0.2, -0.15) is 0 Å². The molecular formula is C16H26N2O2. The molecule has 0 atom stereocenters. The van der Waals surface area contributed by atoms with Crippen LogP contribution in [0.15, 0.2) is 12.1 Å². The van der Waals surface area contributed by atoms with Crippen molar-refractivity contribution in [1.82, 2.24) is 0 Å². The smallest absolute Gasteiger partial charge is 0.125 e. The van der Waals surface area contributed by atoms with Crippen LogP contribution in [0.25, 0.3) is 0 Å². The van der Waals surface area contributed by atoms with Gasteiger partial charge in [-0.1, -0.05) is 13.8 Å².